The molecule has 0 saturated heterocycles. The SMILES string of the molecule is CCOC(=O)c1c(C)[nH]c(C(=O)[C@@H](C)Oc2ccc(C#N)cc2Cl)c1C. The van der Waals surface area contributed by atoms with Crippen molar-refractivity contribution in [1.82, 2.24) is 4.98 Å². The van der Waals surface area contributed by atoms with Crippen LogP contribution in [0.3, 0.4) is 0 Å². The molecule has 1 aromatic heterocycles. The minimum Gasteiger partial charge on any atom is -0.481 e. The number of esters is 1. The number of aryl methyl sites for hydroxylation is 1. The lowest BCUT2D eigenvalue weighted by molar-refractivity contribution is 0.0525. The second-order valence-corrected chi connectivity index (χ2v) is 6.13. The average molecular weight is 375 g/mol. The molecule has 2 rings (SSSR count). The van der Waals surface area contributed by atoms with Crippen molar-refractivity contribution in [2.24, 2.45) is 0 Å². The molecule has 7 heteroatoms. The second-order valence-electron chi connectivity index (χ2n) is 5.73. The molecule has 0 amide bonds. The van der Waals surface area contributed by atoms with Crippen LogP contribution < -0.4 is 4.74 Å². The highest BCUT2D eigenvalue weighted by Gasteiger charge is 2.27. The molecule has 0 spiro atoms. The lowest BCUT2D eigenvalue weighted by Crippen LogP contribution is -2.25. The number of nitrogens with zero attached hydrogens (tertiary/aromatic N) is 1. The van der Waals surface area contributed by atoms with E-state index >= 15 is 0 Å². The molecule has 0 fully saturated rings. The lowest BCUT2D eigenvalue weighted by atomic mass is 10.1. The molecule has 1 aromatic carbocycles. The number of carbonyl (C=O) groups is 2. The summed E-state index contributed by atoms with van der Waals surface area (Å²) in [5, 5.41) is 9.11. The van der Waals surface area contributed by atoms with Gasteiger partial charge in [0.05, 0.1) is 34.5 Å². The Balaban J connectivity index is 2.25. The van der Waals surface area contributed by atoms with E-state index in [4.69, 9.17) is 26.3 Å². The molecule has 1 N–H and O–H groups in total. The summed E-state index contributed by atoms with van der Waals surface area (Å²) < 4.78 is 10.7. The van der Waals surface area contributed by atoms with E-state index in [1.54, 1.807) is 39.8 Å². The van der Waals surface area contributed by atoms with Crippen LogP contribution in [0.25, 0.3) is 0 Å². The summed E-state index contributed by atoms with van der Waals surface area (Å²) >= 11 is 6.08. The van der Waals surface area contributed by atoms with Gasteiger partial charge in [0.25, 0.3) is 0 Å². The van der Waals surface area contributed by atoms with Crippen LogP contribution in [0, 0.1) is 25.2 Å². The quantitative estimate of drug-likeness (QED) is 0.609. The Bertz CT molecular complexity index is 896. The summed E-state index contributed by atoms with van der Waals surface area (Å²) in [7, 11) is 0. The molecule has 0 unspecified atom stereocenters. The van der Waals surface area contributed by atoms with Crippen molar-refractivity contribution < 1.29 is 19.1 Å². The summed E-state index contributed by atoms with van der Waals surface area (Å²) in [6, 6.07) is 6.55. The summed E-state index contributed by atoms with van der Waals surface area (Å²) in [6.45, 7) is 6.96. The third-order valence-electron chi connectivity index (χ3n) is 3.90. The number of ether oxygens (including phenoxy) is 2. The van der Waals surface area contributed by atoms with Gasteiger partial charge < -0.3 is 14.5 Å². The number of aromatic amines is 1. The maximum atomic E-state index is 12.7. The van der Waals surface area contributed by atoms with Gasteiger partial charge in [-0.1, -0.05) is 11.6 Å². The first kappa shape index (κ1) is 19.5. The molecule has 6 nitrogen and oxygen atoms in total. The van der Waals surface area contributed by atoms with Crippen LogP contribution in [0.1, 0.15) is 51.5 Å². The monoisotopic (exact) mass is 374 g/mol. The van der Waals surface area contributed by atoms with Crippen LogP contribution in [0.4, 0.5) is 0 Å². The van der Waals surface area contributed by atoms with Crippen molar-refractivity contribution >= 4 is 23.4 Å². The molecular formula is C19H19ClN2O4. The topological polar surface area (TPSA) is 92.2 Å². The van der Waals surface area contributed by atoms with E-state index in [9.17, 15) is 9.59 Å². The zero-order chi connectivity index (χ0) is 19.4. The molecule has 0 aliphatic rings. The van der Waals surface area contributed by atoms with Crippen LogP contribution in [-0.4, -0.2) is 29.4 Å². The molecule has 1 heterocycles. The lowest BCUT2D eigenvalue weighted by Gasteiger charge is -2.15. The average Bonchev–Trinajstić information content (AvgIpc) is 2.90. The van der Waals surface area contributed by atoms with E-state index < -0.39 is 12.1 Å². The molecule has 0 aliphatic heterocycles. The number of rotatable bonds is 6. The van der Waals surface area contributed by atoms with Gasteiger partial charge in [-0.05, 0) is 51.5 Å². The summed E-state index contributed by atoms with van der Waals surface area (Å²) in [4.78, 5) is 27.8. The van der Waals surface area contributed by atoms with Crippen LogP contribution in [0.2, 0.25) is 5.02 Å². The number of aromatic nitrogens is 1. The third-order valence-corrected chi connectivity index (χ3v) is 4.19. The Labute approximate surface area is 156 Å². The van der Waals surface area contributed by atoms with E-state index in [2.05, 4.69) is 4.98 Å². The normalized spacial score (nSPS) is 11.5. The fraction of sp³-hybridized carbons (Fsp3) is 0.316. The van der Waals surface area contributed by atoms with Crippen LogP contribution in [-0.2, 0) is 4.74 Å². The van der Waals surface area contributed by atoms with E-state index in [0.29, 0.717) is 33.8 Å². The van der Waals surface area contributed by atoms with Crippen LogP contribution in [0.5, 0.6) is 5.75 Å². The number of benzene rings is 1. The van der Waals surface area contributed by atoms with Crippen LogP contribution >= 0.6 is 11.6 Å². The number of ketones is 1. The highest BCUT2D eigenvalue weighted by Crippen LogP contribution is 2.27. The first-order valence-corrected chi connectivity index (χ1v) is 8.44. The molecule has 26 heavy (non-hydrogen) atoms. The van der Waals surface area contributed by atoms with Gasteiger partial charge in [-0.25, -0.2) is 4.79 Å². The van der Waals surface area contributed by atoms with Crippen molar-refractivity contribution in [2.45, 2.75) is 33.8 Å². The minimum absolute atomic E-state index is 0.246. The number of hydrogen-bond donors (Lipinski definition) is 1. The Hall–Kier alpha value is -2.78. The van der Waals surface area contributed by atoms with Crippen molar-refractivity contribution in [3.8, 4) is 11.8 Å². The molecule has 0 radical (unpaired) electrons. The molecule has 2 aromatic rings. The van der Waals surface area contributed by atoms with Gasteiger partial charge in [-0.3, -0.25) is 4.79 Å². The summed E-state index contributed by atoms with van der Waals surface area (Å²) in [5.74, 6) is -0.485. The van der Waals surface area contributed by atoms with Gasteiger partial charge in [0, 0.05) is 5.69 Å². The largest absolute Gasteiger partial charge is 0.481 e. The number of H-pyrrole nitrogens is 1. The van der Waals surface area contributed by atoms with Gasteiger partial charge in [0.2, 0.25) is 5.78 Å². The number of nitriles is 1. The molecule has 0 bridgehead atoms. The van der Waals surface area contributed by atoms with E-state index in [0.717, 1.165) is 0 Å². The third kappa shape index (κ3) is 3.89. The molecule has 0 aliphatic carbocycles. The first-order valence-electron chi connectivity index (χ1n) is 8.06. The van der Waals surface area contributed by atoms with Gasteiger partial charge in [-0.15, -0.1) is 0 Å². The fourth-order valence-corrected chi connectivity index (χ4v) is 2.84. The fourth-order valence-electron chi connectivity index (χ4n) is 2.62. The van der Waals surface area contributed by atoms with Crippen LogP contribution in [0.15, 0.2) is 18.2 Å². The first-order chi connectivity index (χ1) is 12.3. The summed E-state index contributed by atoms with van der Waals surface area (Å²) in [6.07, 6.45) is -0.841. The predicted molar refractivity (Wildman–Crippen MR) is 96.8 cm³/mol. The second kappa shape index (κ2) is 8.07. The predicted octanol–water partition coefficient (Wildman–Crippen LogP) is 3.98. The molecule has 1 atom stereocenters. The maximum absolute atomic E-state index is 12.7. The molecular weight excluding hydrogens is 356 g/mol. The number of Topliss-reactive ketones (excluding diaryl/α,β-unsaturated/α-hetero) is 1. The summed E-state index contributed by atoms with van der Waals surface area (Å²) in [5.41, 5.74) is 2.14. The Morgan fingerprint density at radius 2 is 2.04 bits per heavy atom. The van der Waals surface area contributed by atoms with Gasteiger partial charge in [0.1, 0.15) is 5.75 Å². The van der Waals surface area contributed by atoms with E-state index in [1.807, 2.05) is 6.07 Å². The highest BCUT2D eigenvalue weighted by molar-refractivity contribution is 6.32. The van der Waals surface area contributed by atoms with Crippen molar-refractivity contribution in [1.29, 1.82) is 5.26 Å². The zero-order valence-electron chi connectivity index (χ0n) is 15.0. The standard InChI is InChI=1S/C19H19ClN2O4/c1-5-25-19(24)16-10(2)17(22-11(16)3)18(23)12(4)26-15-7-6-13(9-21)8-14(15)20/h6-8,12,22H,5H2,1-4H3/t12-/m1/s1. The Morgan fingerprint density at radius 1 is 1.35 bits per heavy atom. The number of hydrogen-bond acceptors (Lipinski definition) is 5. The van der Waals surface area contributed by atoms with E-state index in [-0.39, 0.29) is 17.4 Å². The van der Waals surface area contributed by atoms with Crippen molar-refractivity contribution in [3.63, 3.8) is 0 Å². The molecule has 0 saturated carbocycles. The highest BCUT2D eigenvalue weighted by atomic mass is 35.5. The van der Waals surface area contributed by atoms with Gasteiger partial charge >= 0.3 is 5.97 Å². The number of carbonyl (C=O) groups excluding carboxylic acids is 2. The maximum Gasteiger partial charge on any atom is 0.340 e. The minimum atomic E-state index is -0.841. The van der Waals surface area contributed by atoms with Crippen molar-refractivity contribution in [3.05, 3.63) is 51.3 Å². The number of nitrogens with one attached hydrogen (secondary N) is 1. The van der Waals surface area contributed by atoms with Crippen molar-refractivity contribution in [2.75, 3.05) is 6.61 Å². The Kier molecular flexibility index (Phi) is 6.06. The van der Waals surface area contributed by atoms with Gasteiger partial charge in [-0.2, -0.15) is 5.26 Å². The van der Waals surface area contributed by atoms with Gasteiger partial charge in [0.15, 0.2) is 6.10 Å². The number of halogens is 1. The smallest absolute Gasteiger partial charge is 0.340 e. The molecule has 136 valence electrons. The zero-order valence-corrected chi connectivity index (χ0v) is 15.7. The Morgan fingerprint density at radius 3 is 2.62 bits per heavy atom. The van der Waals surface area contributed by atoms with E-state index in [1.165, 1.54) is 6.07 Å².